The van der Waals surface area contributed by atoms with E-state index in [1.165, 1.54) is 21.9 Å². The summed E-state index contributed by atoms with van der Waals surface area (Å²) >= 11 is 7.36. The molecule has 0 fully saturated rings. The summed E-state index contributed by atoms with van der Waals surface area (Å²) in [5, 5.41) is 2.58. The lowest BCUT2D eigenvalue weighted by Gasteiger charge is -2.14. The summed E-state index contributed by atoms with van der Waals surface area (Å²) in [6.45, 7) is 0. The van der Waals surface area contributed by atoms with Crippen LogP contribution in [-0.4, -0.2) is 0 Å². The third-order valence-electron chi connectivity index (χ3n) is 3.24. The maximum atomic E-state index is 3.83. The van der Waals surface area contributed by atoms with E-state index < -0.39 is 0 Å². The fourth-order valence-electron chi connectivity index (χ4n) is 2.32. The van der Waals surface area contributed by atoms with Gasteiger partial charge in [-0.2, -0.15) is 0 Å². The van der Waals surface area contributed by atoms with Gasteiger partial charge in [-0.1, -0.05) is 86.5 Å². The van der Waals surface area contributed by atoms with Crippen molar-refractivity contribution in [3.05, 3.63) is 82.3 Å². The standard InChI is InChI=1S/C17H12Br2/c18-14-8-3-7-13(11-14)17(19)16-10-4-6-12-5-1-2-9-15(12)16/h1-11,17H. The van der Waals surface area contributed by atoms with Crippen LogP contribution in [-0.2, 0) is 0 Å². The summed E-state index contributed by atoms with van der Waals surface area (Å²) < 4.78 is 1.11. The van der Waals surface area contributed by atoms with E-state index in [-0.39, 0.29) is 4.83 Å². The molecule has 19 heavy (non-hydrogen) atoms. The fourth-order valence-corrected chi connectivity index (χ4v) is 3.42. The number of hydrogen-bond acceptors (Lipinski definition) is 0. The molecule has 0 amide bonds. The summed E-state index contributed by atoms with van der Waals surface area (Å²) in [4.78, 5) is 0.205. The molecule has 2 heteroatoms. The Morgan fingerprint density at radius 2 is 1.53 bits per heavy atom. The van der Waals surface area contributed by atoms with E-state index in [0.717, 1.165) is 4.47 Å². The van der Waals surface area contributed by atoms with Gasteiger partial charge in [-0.25, -0.2) is 0 Å². The highest BCUT2D eigenvalue weighted by Crippen LogP contribution is 2.35. The zero-order valence-corrected chi connectivity index (χ0v) is 13.4. The van der Waals surface area contributed by atoms with Gasteiger partial charge in [-0.15, -0.1) is 0 Å². The molecular formula is C17H12Br2. The Balaban J connectivity index is 2.14. The van der Waals surface area contributed by atoms with E-state index in [1.54, 1.807) is 0 Å². The first-order chi connectivity index (χ1) is 9.25. The summed E-state index contributed by atoms with van der Waals surface area (Å²) in [6.07, 6.45) is 0. The molecule has 0 aromatic heterocycles. The lowest BCUT2D eigenvalue weighted by molar-refractivity contribution is 1.19. The van der Waals surface area contributed by atoms with Gasteiger partial charge >= 0.3 is 0 Å². The highest BCUT2D eigenvalue weighted by Gasteiger charge is 2.13. The van der Waals surface area contributed by atoms with Gasteiger partial charge in [-0.3, -0.25) is 0 Å². The quantitative estimate of drug-likeness (QED) is 0.475. The van der Waals surface area contributed by atoms with Gasteiger partial charge in [0.05, 0.1) is 4.83 Å². The number of rotatable bonds is 2. The lowest BCUT2D eigenvalue weighted by Crippen LogP contribution is -1.94. The van der Waals surface area contributed by atoms with Crippen LogP contribution in [0.5, 0.6) is 0 Å². The molecule has 0 saturated heterocycles. The first kappa shape index (κ1) is 12.9. The number of halogens is 2. The predicted octanol–water partition coefficient (Wildman–Crippen LogP) is 6.09. The highest BCUT2D eigenvalue weighted by molar-refractivity contribution is 9.10. The average molecular weight is 376 g/mol. The van der Waals surface area contributed by atoms with Gasteiger partial charge in [0.1, 0.15) is 0 Å². The Bertz CT molecular complexity index is 714. The van der Waals surface area contributed by atoms with Crippen molar-refractivity contribution in [1.29, 1.82) is 0 Å². The van der Waals surface area contributed by atoms with E-state index >= 15 is 0 Å². The average Bonchev–Trinajstić information content (AvgIpc) is 2.46. The summed E-state index contributed by atoms with van der Waals surface area (Å²) in [6, 6.07) is 23.4. The van der Waals surface area contributed by atoms with E-state index in [9.17, 15) is 0 Å². The highest BCUT2D eigenvalue weighted by atomic mass is 79.9. The van der Waals surface area contributed by atoms with Gasteiger partial charge in [0.25, 0.3) is 0 Å². The smallest absolute Gasteiger partial charge is 0.0651 e. The van der Waals surface area contributed by atoms with Crippen LogP contribution in [0.1, 0.15) is 16.0 Å². The zero-order chi connectivity index (χ0) is 13.2. The van der Waals surface area contributed by atoms with Crippen LogP contribution in [0.25, 0.3) is 10.8 Å². The van der Waals surface area contributed by atoms with Crippen LogP contribution in [0.2, 0.25) is 0 Å². The van der Waals surface area contributed by atoms with Crippen molar-refractivity contribution in [2.75, 3.05) is 0 Å². The van der Waals surface area contributed by atoms with Crippen molar-refractivity contribution in [3.63, 3.8) is 0 Å². The molecule has 0 spiro atoms. The molecule has 3 aromatic rings. The van der Waals surface area contributed by atoms with Crippen LogP contribution in [0.3, 0.4) is 0 Å². The number of hydrogen-bond donors (Lipinski definition) is 0. The fraction of sp³-hybridized carbons (Fsp3) is 0.0588. The van der Waals surface area contributed by atoms with Crippen LogP contribution in [0.15, 0.2) is 71.2 Å². The molecule has 3 aromatic carbocycles. The minimum absolute atomic E-state index is 0.205. The van der Waals surface area contributed by atoms with Gasteiger partial charge in [-0.05, 0) is 34.0 Å². The SMILES string of the molecule is Brc1cccc(C(Br)c2cccc3ccccc23)c1. The molecule has 0 N–H and O–H groups in total. The Kier molecular flexibility index (Phi) is 3.72. The lowest BCUT2D eigenvalue weighted by atomic mass is 9.98. The van der Waals surface area contributed by atoms with E-state index in [0.29, 0.717) is 0 Å². The molecular weight excluding hydrogens is 364 g/mol. The molecule has 0 aliphatic carbocycles. The number of benzene rings is 3. The van der Waals surface area contributed by atoms with Crippen molar-refractivity contribution >= 4 is 42.6 Å². The largest absolute Gasteiger partial charge is 0.0786 e. The molecule has 0 saturated carbocycles. The molecule has 1 atom stereocenters. The topological polar surface area (TPSA) is 0 Å². The Hall–Kier alpha value is -1.12. The summed E-state index contributed by atoms with van der Waals surface area (Å²) in [5.74, 6) is 0. The third kappa shape index (κ3) is 2.60. The van der Waals surface area contributed by atoms with E-state index in [1.807, 2.05) is 6.07 Å². The minimum Gasteiger partial charge on any atom is -0.0786 e. The second-order valence-electron chi connectivity index (χ2n) is 4.49. The molecule has 1 unspecified atom stereocenters. The van der Waals surface area contributed by atoms with Gasteiger partial charge in [0.2, 0.25) is 0 Å². The normalized spacial score (nSPS) is 12.5. The first-order valence-electron chi connectivity index (χ1n) is 6.13. The number of fused-ring (bicyclic) bond motifs is 1. The van der Waals surface area contributed by atoms with Crippen molar-refractivity contribution in [2.24, 2.45) is 0 Å². The van der Waals surface area contributed by atoms with Gasteiger partial charge in [0, 0.05) is 4.47 Å². The van der Waals surface area contributed by atoms with Crippen LogP contribution < -0.4 is 0 Å². The van der Waals surface area contributed by atoms with Crippen LogP contribution in [0, 0.1) is 0 Å². The molecule has 94 valence electrons. The molecule has 0 nitrogen and oxygen atoms in total. The van der Waals surface area contributed by atoms with Crippen molar-refractivity contribution in [3.8, 4) is 0 Å². The minimum atomic E-state index is 0.205. The van der Waals surface area contributed by atoms with E-state index in [2.05, 4.69) is 92.5 Å². The third-order valence-corrected chi connectivity index (χ3v) is 4.75. The van der Waals surface area contributed by atoms with Crippen molar-refractivity contribution in [1.82, 2.24) is 0 Å². The van der Waals surface area contributed by atoms with Crippen molar-refractivity contribution < 1.29 is 0 Å². The Morgan fingerprint density at radius 3 is 2.37 bits per heavy atom. The van der Waals surface area contributed by atoms with Crippen LogP contribution >= 0.6 is 31.9 Å². The van der Waals surface area contributed by atoms with E-state index in [4.69, 9.17) is 0 Å². The molecule has 0 aliphatic heterocycles. The predicted molar refractivity (Wildman–Crippen MR) is 88.9 cm³/mol. The molecule has 0 heterocycles. The second kappa shape index (κ2) is 5.48. The van der Waals surface area contributed by atoms with Gasteiger partial charge in [0.15, 0.2) is 0 Å². The number of alkyl halides is 1. The Morgan fingerprint density at radius 1 is 0.789 bits per heavy atom. The Labute approximate surface area is 129 Å². The maximum absolute atomic E-state index is 3.83. The molecule has 0 radical (unpaired) electrons. The molecule has 0 bridgehead atoms. The first-order valence-corrected chi connectivity index (χ1v) is 7.84. The van der Waals surface area contributed by atoms with Gasteiger partial charge < -0.3 is 0 Å². The van der Waals surface area contributed by atoms with Crippen LogP contribution in [0.4, 0.5) is 0 Å². The zero-order valence-electron chi connectivity index (χ0n) is 10.2. The molecule has 0 aliphatic rings. The summed E-state index contributed by atoms with van der Waals surface area (Å²) in [5.41, 5.74) is 2.56. The monoisotopic (exact) mass is 374 g/mol. The summed E-state index contributed by atoms with van der Waals surface area (Å²) in [7, 11) is 0. The second-order valence-corrected chi connectivity index (χ2v) is 6.32. The maximum Gasteiger partial charge on any atom is 0.0651 e. The molecule has 3 rings (SSSR count). The van der Waals surface area contributed by atoms with Crippen molar-refractivity contribution in [2.45, 2.75) is 4.83 Å².